The van der Waals surface area contributed by atoms with Crippen LogP contribution in [0.25, 0.3) is 6.08 Å². The van der Waals surface area contributed by atoms with Gasteiger partial charge in [-0.3, -0.25) is 4.79 Å². The maximum absolute atomic E-state index is 12.6. The maximum atomic E-state index is 12.6. The number of halogens is 1. The highest BCUT2D eigenvalue weighted by molar-refractivity contribution is 6.32. The summed E-state index contributed by atoms with van der Waals surface area (Å²) in [6.45, 7) is 8.64. The number of amides is 1. The van der Waals surface area contributed by atoms with Crippen molar-refractivity contribution in [3.63, 3.8) is 0 Å². The van der Waals surface area contributed by atoms with Gasteiger partial charge in [0, 0.05) is 5.69 Å². The second-order valence-corrected chi connectivity index (χ2v) is 8.44. The normalized spacial score (nSPS) is 11.0. The Bertz CT molecular complexity index is 1240. The molecule has 0 aliphatic heterocycles. The molecule has 0 saturated heterocycles. The number of nitriles is 1. The van der Waals surface area contributed by atoms with Gasteiger partial charge in [0.25, 0.3) is 5.91 Å². The first-order valence-electron chi connectivity index (χ1n) is 10.9. The van der Waals surface area contributed by atoms with Crippen molar-refractivity contribution in [2.45, 2.75) is 34.3 Å². The van der Waals surface area contributed by atoms with Gasteiger partial charge in [0.2, 0.25) is 0 Å². The minimum atomic E-state index is -0.504. The molecule has 0 fully saturated rings. The minimum Gasteiger partial charge on any atom is -0.490 e. The van der Waals surface area contributed by atoms with E-state index in [1.54, 1.807) is 24.3 Å². The number of ether oxygens (including phenoxy) is 2. The van der Waals surface area contributed by atoms with Crippen molar-refractivity contribution in [3.8, 4) is 17.6 Å². The number of carbonyl (C=O) groups is 1. The lowest BCUT2D eigenvalue weighted by atomic mass is 10.1. The second-order valence-electron chi connectivity index (χ2n) is 8.04. The van der Waals surface area contributed by atoms with E-state index in [0.717, 1.165) is 22.3 Å². The Morgan fingerprint density at radius 3 is 2.29 bits per heavy atom. The van der Waals surface area contributed by atoms with Crippen LogP contribution in [0.5, 0.6) is 11.5 Å². The van der Waals surface area contributed by atoms with Gasteiger partial charge in [-0.05, 0) is 69.2 Å². The van der Waals surface area contributed by atoms with Crippen molar-refractivity contribution >= 4 is 29.3 Å². The first-order valence-corrected chi connectivity index (χ1v) is 11.3. The van der Waals surface area contributed by atoms with Crippen LogP contribution in [0.15, 0.2) is 60.2 Å². The number of benzene rings is 3. The molecular weight excluding hydrogens is 448 g/mol. The molecule has 0 spiro atoms. The lowest BCUT2D eigenvalue weighted by molar-refractivity contribution is -0.112. The third-order valence-corrected chi connectivity index (χ3v) is 5.26. The van der Waals surface area contributed by atoms with Gasteiger partial charge < -0.3 is 14.8 Å². The van der Waals surface area contributed by atoms with Crippen molar-refractivity contribution in [3.05, 3.63) is 93.0 Å². The second kappa shape index (κ2) is 11.4. The quantitative estimate of drug-likeness (QED) is 0.288. The summed E-state index contributed by atoms with van der Waals surface area (Å²) in [5.41, 5.74) is 5.53. The molecule has 6 heteroatoms. The van der Waals surface area contributed by atoms with Gasteiger partial charge in [0.15, 0.2) is 11.5 Å². The largest absolute Gasteiger partial charge is 0.490 e. The summed E-state index contributed by atoms with van der Waals surface area (Å²) >= 11 is 6.53. The zero-order valence-corrected chi connectivity index (χ0v) is 20.5. The molecule has 174 valence electrons. The van der Waals surface area contributed by atoms with Crippen LogP contribution in [0.1, 0.15) is 34.7 Å². The number of rotatable bonds is 8. The number of hydrogen-bond donors (Lipinski definition) is 1. The lowest BCUT2D eigenvalue weighted by Crippen LogP contribution is -2.13. The fourth-order valence-corrected chi connectivity index (χ4v) is 3.81. The molecule has 0 saturated carbocycles. The smallest absolute Gasteiger partial charge is 0.266 e. The van der Waals surface area contributed by atoms with E-state index >= 15 is 0 Å². The van der Waals surface area contributed by atoms with Gasteiger partial charge >= 0.3 is 0 Å². The number of nitrogens with one attached hydrogen (secondary N) is 1. The average molecular weight is 475 g/mol. The van der Waals surface area contributed by atoms with E-state index in [9.17, 15) is 10.1 Å². The molecule has 34 heavy (non-hydrogen) atoms. The summed E-state index contributed by atoms with van der Waals surface area (Å²) in [4.78, 5) is 12.6. The van der Waals surface area contributed by atoms with Gasteiger partial charge in [-0.2, -0.15) is 5.26 Å². The SMILES string of the molecule is CCOc1cc(/C=C(\C#N)C(=O)Nc2ccc(C)cc2)cc(Cl)c1OCc1cc(C)cc(C)c1. The lowest BCUT2D eigenvalue weighted by Gasteiger charge is -2.15. The fraction of sp³-hybridized carbons (Fsp3) is 0.214. The van der Waals surface area contributed by atoms with Crippen LogP contribution in [0.2, 0.25) is 5.02 Å². The van der Waals surface area contributed by atoms with E-state index in [-0.39, 0.29) is 5.57 Å². The molecule has 0 aliphatic carbocycles. The standard InChI is InChI=1S/C28H27ClN2O3/c1-5-33-26-15-21(13-23(16-30)28(32)31-24-8-6-18(2)7-9-24)14-25(29)27(26)34-17-22-11-19(3)10-20(4)12-22/h6-15H,5,17H2,1-4H3,(H,31,32)/b23-13+. The van der Waals surface area contributed by atoms with Gasteiger partial charge in [-0.1, -0.05) is 58.6 Å². The monoisotopic (exact) mass is 474 g/mol. The van der Waals surface area contributed by atoms with Crippen LogP contribution in [-0.4, -0.2) is 12.5 Å². The number of carbonyl (C=O) groups excluding carboxylic acids is 1. The summed E-state index contributed by atoms with van der Waals surface area (Å²) in [6.07, 6.45) is 1.48. The van der Waals surface area contributed by atoms with E-state index in [0.29, 0.717) is 41.0 Å². The molecule has 0 bridgehead atoms. The van der Waals surface area contributed by atoms with Crippen molar-refractivity contribution in [1.29, 1.82) is 5.26 Å². The molecule has 0 radical (unpaired) electrons. The molecule has 0 atom stereocenters. The van der Waals surface area contributed by atoms with Gasteiger partial charge in [-0.15, -0.1) is 0 Å². The van der Waals surface area contributed by atoms with Crippen LogP contribution in [0, 0.1) is 32.1 Å². The Kier molecular flexibility index (Phi) is 8.34. The van der Waals surface area contributed by atoms with Crippen LogP contribution >= 0.6 is 11.6 Å². The Hall–Kier alpha value is -3.75. The summed E-state index contributed by atoms with van der Waals surface area (Å²) in [5.74, 6) is 0.361. The Balaban J connectivity index is 1.85. The van der Waals surface area contributed by atoms with E-state index in [1.165, 1.54) is 6.08 Å². The Morgan fingerprint density at radius 1 is 1.00 bits per heavy atom. The number of nitrogens with zero attached hydrogens (tertiary/aromatic N) is 1. The predicted octanol–water partition coefficient (Wildman–Crippen LogP) is 6.79. The molecule has 3 aromatic rings. The molecule has 1 N–H and O–H groups in total. The minimum absolute atomic E-state index is 0.0528. The Labute approximate surface area is 205 Å². The van der Waals surface area contributed by atoms with Crippen LogP contribution in [0.4, 0.5) is 5.69 Å². The third-order valence-electron chi connectivity index (χ3n) is 4.98. The van der Waals surface area contributed by atoms with E-state index in [1.807, 2.05) is 45.9 Å². The fourth-order valence-electron chi connectivity index (χ4n) is 3.53. The average Bonchev–Trinajstić information content (AvgIpc) is 2.78. The molecule has 5 nitrogen and oxygen atoms in total. The van der Waals surface area contributed by atoms with Crippen molar-refractivity contribution < 1.29 is 14.3 Å². The number of anilines is 1. The van der Waals surface area contributed by atoms with E-state index in [2.05, 4.69) is 23.5 Å². The molecule has 3 rings (SSSR count). The summed E-state index contributed by atoms with van der Waals surface area (Å²) in [6, 6.07) is 18.9. The van der Waals surface area contributed by atoms with Crippen molar-refractivity contribution in [2.75, 3.05) is 11.9 Å². The topological polar surface area (TPSA) is 71.3 Å². The number of hydrogen-bond acceptors (Lipinski definition) is 4. The van der Waals surface area contributed by atoms with E-state index in [4.69, 9.17) is 21.1 Å². The first-order chi connectivity index (χ1) is 16.3. The van der Waals surface area contributed by atoms with Gasteiger partial charge in [0.05, 0.1) is 11.6 Å². The third kappa shape index (κ3) is 6.63. The van der Waals surface area contributed by atoms with Gasteiger partial charge in [0.1, 0.15) is 18.2 Å². The van der Waals surface area contributed by atoms with Crippen LogP contribution in [0.3, 0.4) is 0 Å². The van der Waals surface area contributed by atoms with Crippen molar-refractivity contribution in [2.24, 2.45) is 0 Å². The zero-order valence-electron chi connectivity index (χ0n) is 19.7. The van der Waals surface area contributed by atoms with Crippen molar-refractivity contribution in [1.82, 2.24) is 0 Å². The van der Waals surface area contributed by atoms with Gasteiger partial charge in [-0.25, -0.2) is 0 Å². The molecular formula is C28H27ClN2O3. The predicted molar refractivity (Wildman–Crippen MR) is 136 cm³/mol. The van der Waals surface area contributed by atoms with Crippen LogP contribution < -0.4 is 14.8 Å². The Morgan fingerprint density at radius 2 is 1.68 bits per heavy atom. The highest BCUT2D eigenvalue weighted by Gasteiger charge is 2.15. The molecule has 0 unspecified atom stereocenters. The summed E-state index contributed by atoms with van der Waals surface area (Å²) in [7, 11) is 0. The highest BCUT2D eigenvalue weighted by Crippen LogP contribution is 2.38. The summed E-state index contributed by atoms with van der Waals surface area (Å²) < 4.78 is 11.8. The number of aryl methyl sites for hydroxylation is 3. The zero-order chi connectivity index (χ0) is 24.7. The van der Waals surface area contributed by atoms with E-state index < -0.39 is 5.91 Å². The highest BCUT2D eigenvalue weighted by atomic mass is 35.5. The maximum Gasteiger partial charge on any atom is 0.266 e. The molecule has 0 heterocycles. The molecule has 1 amide bonds. The summed E-state index contributed by atoms with van der Waals surface area (Å²) in [5, 5.41) is 12.6. The molecule has 0 aromatic heterocycles. The first kappa shape index (κ1) is 24.9. The molecule has 3 aromatic carbocycles. The van der Waals surface area contributed by atoms with Crippen LogP contribution in [-0.2, 0) is 11.4 Å². The molecule has 0 aliphatic rings.